The maximum absolute atomic E-state index is 11.5. The van der Waals surface area contributed by atoms with E-state index in [-0.39, 0.29) is 29.6 Å². The van der Waals surface area contributed by atoms with E-state index in [2.05, 4.69) is 16.8 Å². The van der Waals surface area contributed by atoms with Gasteiger partial charge in [0.15, 0.2) is 10.9 Å². The first kappa shape index (κ1) is 18.5. The number of hydrogen-bond donors (Lipinski definition) is 1. The van der Waals surface area contributed by atoms with Crippen LogP contribution in [0.5, 0.6) is 11.5 Å². The third-order valence-corrected chi connectivity index (χ3v) is 6.29. The predicted octanol–water partition coefficient (Wildman–Crippen LogP) is 3.68. The molecule has 4 rings (SSSR count). The van der Waals surface area contributed by atoms with Crippen molar-refractivity contribution in [1.29, 1.82) is 0 Å². The highest BCUT2D eigenvalue weighted by Gasteiger charge is 2.46. The molecule has 1 N–H and O–H groups in total. The van der Waals surface area contributed by atoms with Gasteiger partial charge < -0.3 is 14.7 Å². The normalized spacial score (nSPS) is 23.4. The Hall–Kier alpha value is -2.81. The summed E-state index contributed by atoms with van der Waals surface area (Å²) < 4.78 is 5.21. The van der Waals surface area contributed by atoms with Gasteiger partial charge in [-0.15, -0.1) is 0 Å². The number of aliphatic imine (C=N–C) groups is 1. The third-order valence-electron chi connectivity index (χ3n) is 5.16. The molecule has 8 nitrogen and oxygen atoms in total. The van der Waals surface area contributed by atoms with Gasteiger partial charge in [0.05, 0.1) is 23.8 Å². The Morgan fingerprint density at radius 2 is 2.25 bits per heavy atom. The molecule has 3 atom stereocenters. The Bertz CT molecular complexity index is 937. The van der Waals surface area contributed by atoms with Gasteiger partial charge in [-0.25, -0.2) is 0 Å². The van der Waals surface area contributed by atoms with Crippen LogP contribution < -0.4 is 4.74 Å². The summed E-state index contributed by atoms with van der Waals surface area (Å²) in [5.74, 6) is 0.544. The maximum atomic E-state index is 11.5. The highest BCUT2D eigenvalue weighted by Crippen LogP contribution is 2.50. The number of rotatable bonds is 5. The largest absolute Gasteiger partial charge is 0.500 e. The van der Waals surface area contributed by atoms with Crippen molar-refractivity contribution in [2.24, 2.45) is 4.99 Å². The number of ether oxygens (including phenoxy) is 1. The van der Waals surface area contributed by atoms with Gasteiger partial charge in [-0.2, -0.15) is 0 Å². The van der Waals surface area contributed by atoms with E-state index in [1.54, 1.807) is 24.0 Å². The van der Waals surface area contributed by atoms with Crippen LogP contribution >= 0.6 is 11.8 Å². The van der Waals surface area contributed by atoms with E-state index >= 15 is 0 Å². The average molecular weight is 400 g/mol. The zero-order chi connectivity index (χ0) is 19.8. The molecule has 0 unspecified atom stereocenters. The van der Waals surface area contributed by atoms with Crippen LogP contribution in [0.1, 0.15) is 36.7 Å². The number of aromatic nitrogens is 1. The number of fused-ring (bicyclic) bond motifs is 1. The monoisotopic (exact) mass is 400 g/mol. The molecular formula is C19H20N4O4S. The first-order valence-corrected chi connectivity index (χ1v) is 9.98. The van der Waals surface area contributed by atoms with Crippen molar-refractivity contribution >= 4 is 22.6 Å². The van der Waals surface area contributed by atoms with E-state index in [9.17, 15) is 15.2 Å². The van der Waals surface area contributed by atoms with Gasteiger partial charge in [-0.05, 0) is 30.2 Å². The second-order valence-corrected chi connectivity index (χ2v) is 7.67. The molecule has 2 aliphatic heterocycles. The standard InChI is InChI=1S/C19H20N4O4S/c1-3-12-10-28-19-21-16(13-6-4-5-7-20-13)17(22(12)19)11-8-14(23(25)26)18(24)15(9-11)27-2/h4-9,12,16-17,24H,3,10H2,1-2H3/t12-,16+,17+/m1/s1. The number of amidine groups is 1. The van der Waals surface area contributed by atoms with Gasteiger partial charge in [-0.1, -0.05) is 24.8 Å². The number of phenols is 1. The van der Waals surface area contributed by atoms with Crippen molar-refractivity contribution in [3.63, 3.8) is 0 Å². The van der Waals surface area contributed by atoms with E-state index in [4.69, 9.17) is 9.73 Å². The number of hydrogen-bond acceptors (Lipinski definition) is 8. The van der Waals surface area contributed by atoms with Crippen molar-refractivity contribution in [2.75, 3.05) is 12.9 Å². The minimum absolute atomic E-state index is 0.0809. The molecule has 0 spiro atoms. The Kier molecular flexibility index (Phi) is 4.84. The van der Waals surface area contributed by atoms with Crippen LogP contribution in [0.4, 0.5) is 5.69 Å². The molecule has 28 heavy (non-hydrogen) atoms. The number of aromatic hydroxyl groups is 1. The number of benzene rings is 1. The van der Waals surface area contributed by atoms with Crippen LogP contribution in [0.3, 0.4) is 0 Å². The van der Waals surface area contributed by atoms with E-state index < -0.39 is 10.7 Å². The number of pyridine rings is 1. The van der Waals surface area contributed by atoms with Crippen molar-refractivity contribution in [1.82, 2.24) is 9.88 Å². The highest BCUT2D eigenvalue weighted by molar-refractivity contribution is 8.14. The third kappa shape index (κ3) is 2.95. The van der Waals surface area contributed by atoms with Crippen LogP contribution in [0, 0.1) is 10.1 Å². The molecule has 146 valence electrons. The fourth-order valence-corrected chi connectivity index (χ4v) is 5.13. The molecule has 0 amide bonds. The molecule has 1 aromatic carbocycles. The van der Waals surface area contributed by atoms with E-state index in [0.29, 0.717) is 5.56 Å². The summed E-state index contributed by atoms with van der Waals surface area (Å²) in [6, 6.07) is 8.50. The summed E-state index contributed by atoms with van der Waals surface area (Å²) in [7, 11) is 1.38. The molecule has 1 saturated heterocycles. The fourth-order valence-electron chi connectivity index (χ4n) is 3.79. The second-order valence-electron chi connectivity index (χ2n) is 6.68. The molecule has 3 heterocycles. The molecule has 2 aromatic rings. The fraction of sp³-hybridized carbons (Fsp3) is 0.368. The van der Waals surface area contributed by atoms with Crippen molar-refractivity contribution in [2.45, 2.75) is 31.5 Å². The van der Waals surface area contributed by atoms with Crippen molar-refractivity contribution in [3.8, 4) is 11.5 Å². The molecule has 9 heteroatoms. The van der Waals surface area contributed by atoms with Gasteiger partial charge in [0.1, 0.15) is 6.04 Å². The Balaban J connectivity index is 1.87. The van der Waals surface area contributed by atoms with Crippen LogP contribution in [0.2, 0.25) is 0 Å². The van der Waals surface area contributed by atoms with Crippen molar-refractivity contribution < 1.29 is 14.8 Å². The second kappa shape index (κ2) is 7.31. The van der Waals surface area contributed by atoms with Crippen LogP contribution in [-0.2, 0) is 0 Å². The number of thioether (sulfide) groups is 1. The summed E-state index contributed by atoms with van der Waals surface area (Å²) >= 11 is 1.70. The number of nitro groups is 1. The first-order chi connectivity index (χ1) is 13.5. The lowest BCUT2D eigenvalue weighted by Crippen LogP contribution is -2.35. The van der Waals surface area contributed by atoms with Gasteiger partial charge in [0, 0.05) is 24.1 Å². The van der Waals surface area contributed by atoms with Crippen LogP contribution in [-0.4, -0.2) is 44.0 Å². The van der Waals surface area contributed by atoms with E-state index in [0.717, 1.165) is 23.0 Å². The summed E-state index contributed by atoms with van der Waals surface area (Å²) in [6.45, 7) is 2.12. The van der Waals surface area contributed by atoms with E-state index in [1.807, 2.05) is 18.2 Å². The molecule has 1 aromatic heterocycles. The lowest BCUT2D eigenvalue weighted by molar-refractivity contribution is -0.386. The minimum atomic E-state index is -0.593. The van der Waals surface area contributed by atoms with Gasteiger partial charge in [-0.3, -0.25) is 20.1 Å². The number of methoxy groups -OCH3 is 1. The topological polar surface area (TPSA) is 101 Å². The summed E-state index contributed by atoms with van der Waals surface area (Å²) in [6.07, 6.45) is 2.66. The molecule has 0 radical (unpaired) electrons. The average Bonchev–Trinajstić information content (AvgIpc) is 3.27. The molecule has 0 saturated carbocycles. The van der Waals surface area contributed by atoms with Gasteiger partial charge in [0.25, 0.3) is 0 Å². The summed E-state index contributed by atoms with van der Waals surface area (Å²) in [4.78, 5) is 22.5. The van der Waals surface area contributed by atoms with Crippen LogP contribution in [0.25, 0.3) is 0 Å². The lowest BCUT2D eigenvalue weighted by Gasteiger charge is -2.32. The Morgan fingerprint density at radius 1 is 1.43 bits per heavy atom. The molecule has 2 aliphatic rings. The minimum Gasteiger partial charge on any atom is -0.500 e. The molecule has 0 bridgehead atoms. The van der Waals surface area contributed by atoms with Crippen LogP contribution in [0.15, 0.2) is 41.5 Å². The first-order valence-electron chi connectivity index (χ1n) is 9.00. The number of nitrogens with zero attached hydrogens (tertiary/aromatic N) is 4. The zero-order valence-corrected chi connectivity index (χ0v) is 16.3. The number of nitro benzene ring substituents is 1. The van der Waals surface area contributed by atoms with Gasteiger partial charge in [0.2, 0.25) is 5.75 Å². The predicted molar refractivity (Wildman–Crippen MR) is 107 cm³/mol. The SMILES string of the molecule is CC[C@@H]1CSC2=N[C@@H](c3ccccn3)[C@H](c3cc(OC)c(O)c([N+](=O)[O-])c3)N21. The zero-order valence-electron chi connectivity index (χ0n) is 15.5. The van der Waals surface area contributed by atoms with Crippen molar-refractivity contribution in [3.05, 3.63) is 57.9 Å². The lowest BCUT2D eigenvalue weighted by atomic mass is 9.94. The van der Waals surface area contributed by atoms with E-state index in [1.165, 1.54) is 13.2 Å². The summed E-state index contributed by atoms with van der Waals surface area (Å²) in [5, 5.41) is 22.6. The maximum Gasteiger partial charge on any atom is 0.315 e. The van der Waals surface area contributed by atoms with Gasteiger partial charge >= 0.3 is 5.69 Å². The smallest absolute Gasteiger partial charge is 0.315 e. The Morgan fingerprint density at radius 3 is 2.89 bits per heavy atom. The molecule has 1 fully saturated rings. The molecule has 0 aliphatic carbocycles. The quantitative estimate of drug-likeness (QED) is 0.603. The molecular weight excluding hydrogens is 380 g/mol. The highest BCUT2D eigenvalue weighted by atomic mass is 32.2. The number of phenolic OH excluding ortho intramolecular Hbond substituents is 1. The Labute approximate surface area is 166 Å². The summed E-state index contributed by atoms with van der Waals surface area (Å²) in [5.41, 5.74) is 1.11.